The molecule has 3 rings (SSSR count). The van der Waals surface area contributed by atoms with Gasteiger partial charge in [0.2, 0.25) is 5.91 Å². The van der Waals surface area contributed by atoms with Gasteiger partial charge in [-0.05, 0) is 36.7 Å². The molecule has 0 aromatic carbocycles. The molecule has 0 radical (unpaired) electrons. The van der Waals surface area contributed by atoms with E-state index in [1.807, 2.05) is 13.8 Å². The van der Waals surface area contributed by atoms with Gasteiger partial charge >= 0.3 is 6.03 Å². The fraction of sp³-hybridized carbons (Fsp3) is 0.556. The van der Waals surface area contributed by atoms with E-state index in [2.05, 4.69) is 27.5 Å². The summed E-state index contributed by atoms with van der Waals surface area (Å²) in [6, 6.07) is -0.508. The Kier molecular flexibility index (Phi) is 6.21. The van der Waals surface area contributed by atoms with Gasteiger partial charge in [0.15, 0.2) is 5.16 Å². The van der Waals surface area contributed by atoms with Crippen molar-refractivity contribution in [2.45, 2.75) is 45.2 Å². The second-order valence-corrected chi connectivity index (χ2v) is 9.39. The number of nitrogens with zero attached hydrogens (tertiary/aromatic N) is 1. The Bertz CT molecular complexity index is 919. The maximum atomic E-state index is 12.5. The van der Waals surface area contributed by atoms with Gasteiger partial charge in [0.1, 0.15) is 4.83 Å². The smallest absolute Gasteiger partial charge is 0.321 e. The monoisotopic (exact) mass is 408 g/mol. The van der Waals surface area contributed by atoms with Crippen molar-refractivity contribution in [1.82, 2.24) is 20.6 Å². The number of urea groups is 1. The molecule has 3 N–H and O–H groups in total. The molecule has 0 unspecified atom stereocenters. The molecule has 1 aliphatic rings. The summed E-state index contributed by atoms with van der Waals surface area (Å²) in [5.41, 5.74) is 0.989. The van der Waals surface area contributed by atoms with Gasteiger partial charge in [0.25, 0.3) is 5.56 Å². The molecule has 7 nitrogen and oxygen atoms in total. The van der Waals surface area contributed by atoms with Crippen LogP contribution in [-0.2, 0) is 17.6 Å². The number of hydrogen-bond acceptors (Lipinski definition) is 6. The van der Waals surface area contributed by atoms with Gasteiger partial charge in [-0.15, -0.1) is 11.3 Å². The number of aryl methyl sites for hydroxylation is 1. The van der Waals surface area contributed by atoms with Crippen molar-refractivity contribution in [3.63, 3.8) is 0 Å². The zero-order valence-corrected chi connectivity index (χ0v) is 17.3. The predicted octanol–water partition coefficient (Wildman–Crippen LogP) is 2.68. The van der Waals surface area contributed by atoms with Gasteiger partial charge < -0.3 is 10.3 Å². The number of H-pyrrole nitrogens is 1. The Hall–Kier alpha value is -1.87. The minimum atomic E-state index is -0.508. The average molecular weight is 409 g/mol. The molecule has 1 atom stereocenters. The summed E-state index contributed by atoms with van der Waals surface area (Å²) in [6.07, 6.45) is 3.00. The standard InChI is InChI=1S/C18H24N4O3S2/c1-9(2)7-19-17(25)20-13(23)8-26-18-21-15(24)14-11-5-4-10(3)6-12(11)27-16(14)22-18/h9-10H,4-8H2,1-3H3,(H,21,22,24)(H2,19,20,23,25)/t10-/m1/s1. The lowest BCUT2D eigenvalue weighted by atomic mass is 9.89. The second kappa shape index (κ2) is 8.43. The first-order chi connectivity index (χ1) is 12.8. The van der Waals surface area contributed by atoms with Crippen molar-refractivity contribution in [1.29, 1.82) is 0 Å². The van der Waals surface area contributed by atoms with Crippen LogP contribution in [0.5, 0.6) is 0 Å². The van der Waals surface area contributed by atoms with Crippen molar-refractivity contribution in [2.75, 3.05) is 12.3 Å². The third-order valence-corrected chi connectivity index (χ3v) is 6.43. The molecule has 0 bridgehead atoms. The lowest BCUT2D eigenvalue weighted by Gasteiger charge is -2.17. The molecule has 0 spiro atoms. The normalized spacial score (nSPS) is 16.4. The molecule has 0 fully saturated rings. The fourth-order valence-electron chi connectivity index (χ4n) is 3.04. The molecule has 0 aliphatic heterocycles. The highest BCUT2D eigenvalue weighted by Crippen LogP contribution is 2.36. The number of amides is 3. The first-order valence-corrected chi connectivity index (χ1v) is 10.9. The van der Waals surface area contributed by atoms with Crippen LogP contribution in [0, 0.1) is 11.8 Å². The lowest BCUT2D eigenvalue weighted by molar-refractivity contribution is -0.117. The number of carbonyl (C=O) groups excluding carboxylic acids is 2. The van der Waals surface area contributed by atoms with Gasteiger partial charge in [-0.25, -0.2) is 9.78 Å². The van der Waals surface area contributed by atoms with Crippen molar-refractivity contribution >= 4 is 45.3 Å². The topological polar surface area (TPSA) is 104 Å². The molecule has 9 heteroatoms. The van der Waals surface area contributed by atoms with Crippen molar-refractivity contribution in [3.8, 4) is 0 Å². The summed E-state index contributed by atoms with van der Waals surface area (Å²) in [4.78, 5) is 45.3. The van der Waals surface area contributed by atoms with Crippen LogP contribution in [0.2, 0.25) is 0 Å². The van der Waals surface area contributed by atoms with Crippen LogP contribution >= 0.6 is 23.1 Å². The number of hydrogen-bond donors (Lipinski definition) is 3. The summed E-state index contributed by atoms with van der Waals surface area (Å²) in [5.74, 6) is 0.513. The van der Waals surface area contributed by atoms with E-state index in [-0.39, 0.29) is 11.3 Å². The number of fused-ring (bicyclic) bond motifs is 3. The average Bonchev–Trinajstić information content (AvgIpc) is 2.95. The summed E-state index contributed by atoms with van der Waals surface area (Å²) >= 11 is 2.70. The molecule has 27 heavy (non-hydrogen) atoms. The zero-order chi connectivity index (χ0) is 19.6. The molecule has 1 aliphatic carbocycles. The summed E-state index contributed by atoms with van der Waals surface area (Å²) in [5, 5.41) is 6.00. The molecular formula is C18H24N4O3S2. The lowest BCUT2D eigenvalue weighted by Crippen LogP contribution is -2.41. The first kappa shape index (κ1) is 19.9. The van der Waals surface area contributed by atoms with E-state index in [1.165, 1.54) is 4.88 Å². The fourth-order valence-corrected chi connectivity index (χ4v) is 5.14. The Labute approximate surface area is 165 Å². The molecule has 2 aromatic heterocycles. The summed E-state index contributed by atoms with van der Waals surface area (Å²) in [6.45, 7) is 6.67. The largest absolute Gasteiger partial charge is 0.338 e. The Morgan fingerprint density at radius 1 is 1.41 bits per heavy atom. The highest BCUT2D eigenvalue weighted by Gasteiger charge is 2.23. The van der Waals surface area contributed by atoms with E-state index >= 15 is 0 Å². The third kappa shape index (κ3) is 4.90. The van der Waals surface area contributed by atoms with Gasteiger partial charge in [-0.2, -0.15) is 0 Å². The van der Waals surface area contributed by atoms with E-state index in [1.54, 1.807) is 11.3 Å². The van der Waals surface area contributed by atoms with E-state index in [0.717, 1.165) is 41.4 Å². The predicted molar refractivity (Wildman–Crippen MR) is 109 cm³/mol. The number of aromatic amines is 1. The maximum Gasteiger partial charge on any atom is 0.321 e. The molecule has 146 valence electrons. The molecule has 2 aromatic rings. The molecule has 3 amide bonds. The molecule has 2 heterocycles. The van der Waals surface area contributed by atoms with Crippen molar-refractivity contribution < 1.29 is 9.59 Å². The van der Waals surface area contributed by atoms with E-state index < -0.39 is 11.9 Å². The second-order valence-electron chi connectivity index (χ2n) is 7.34. The number of nitrogens with one attached hydrogen (secondary N) is 3. The Morgan fingerprint density at radius 2 is 2.19 bits per heavy atom. The van der Waals surface area contributed by atoms with Crippen LogP contribution in [0.15, 0.2) is 9.95 Å². The van der Waals surface area contributed by atoms with Crippen LogP contribution in [0.25, 0.3) is 10.2 Å². The number of thioether (sulfide) groups is 1. The summed E-state index contributed by atoms with van der Waals surface area (Å²) in [7, 11) is 0. The van der Waals surface area contributed by atoms with Crippen LogP contribution in [0.4, 0.5) is 4.79 Å². The number of aromatic nitrogens is 2. The van der Waals surface area contributed by atoms with Gasteiger partial charge in [-0.3, -0.25) is 14.9 Å². The number of carbonyl (C=O) groups is 2. The van der Waals surface area contributed by atoms with E-state index in [4.69, 9.17) is 0 Å². The Balaban J connectivity index is 1.65. The van der Waals surface area contributed by atoms with Gasteiger partial charge in [-0.1, -0.05) is 32.5 Å². The number of imide groups is 1. The number of thiophene rings is 1. The highest BCUT2D eigenvalue weighted by molar-refractivity contribution is 7.99. The van der Waals surface area contributed by atoms with Crippen LogP contribution in [0.3, 0.4) is 0 Å². The van der Waals surface area contributed by atoms with Crippen molar-refractivity contribution in [2.24, 2.45) is 11.8 Å². The maximum absolute atomic E-state index is 12.5. The quantitative estimate of drug-likeness (QED) is 0.521. The van der Waals surface area contributed by atoms with Gasteiger partial charge in [0, 0.05) is 11.4 Å². The minimum Gasteiger partial charge on any atom is -0.338 e. The SMILES string of the molecule is CC(C)CNC(=O)NC(=O)CSc1nc2sc3c(c2c(=O)[nH]1)CC[C@@H](C)C3. The zero-order valence-electron chi connectivity index (χ0n) is 15.7. The minimum absolute atomic E-state index is 0.00562. The van der Waals surface area contributed by atoms with Crippen molar-refractivity contribution in [3.05, 3.63) is 20.8 Å². The first-order valence-electron chi connectivity index (χ1n) is 9.08. The highest BCUT2D eigenvalue weighted by atomic mass is 32.2. The summed E-state index contributed by atoms with van der Waals surface area (Å²) < 4.78 is 0. The van der Waals surface area contributed by atoms with Gasteiger partial charge in [0.05, 0.1) is 11.1 Å². The molecule has 0 saturated carbocycles. The van der Waals surface area contributed by atoms with Crippen LogP contribution in [-0.4, -0.2) is 34.2 Å². The van der Waals surface area contributed by atoms with Crippen LogP contribution in [0.1, 0.15) is 37.6 Å². The van der Waals surface area contributed by atoms with E-state index in [0.29, 0.717) is 28.9 Å². The Morgan fingerprint density at radius 3 is 2.93 bits per heavy atom. The number of rotatable bonds is 5. The van der Waals surface area contributed by atoms with Crippen LogP contribution < -0.4 is 16.2 Å². The van der Waals surface area contributed by atoms with E-state index in [9.17, 15) is 14.4 Å². The third-order valence-electron chi connectivity index (χ3n) is 4.41. The molecular weight excluding hydrogens is 384 g/mol. The molecule has 0 saturated heterocycles.